The van der Waals surface area contributed by atoms with E-state index in [1.54, 1.807) is 6.07 Å². The van der Waals surface area contributed by atoms with Crippen molar-refractivity contribution in [2.75, 3.05) is 0 Å². The Labute approximate surface area is 166 Å². The molecule has 2 fully saturated rings. The maximum atomic E-state index is 12.6. The molecule has 9 heteroatoms. The van der Waals surface area contributed by atoms with Crippen LogP contribution in [0.15, 0.2) is 12.1 Å². The Morgan fingerprint density at radius 2 is 1.89 bits per heavy atom. The molecule has 154 valence electrons. The molecule has 0 bridgehead atoms. The zero-order chi connectivity index (χ0) is 20.5. The predicted octanol–water partition coefficient (Wildman–Crippen LogP) is 4.99. The van der Waals surface area contributed by atoms with Gasteiger partial charge in [-0.15, -0.1) is 0 Å². The van der Waals surface area contributed by atoms with E-state index < -0.39 is 21.4 Å². The lowest BCUT2D eigenvalue weighted by Crippen LogP contribution is -2.42. The molecule has 3 aliphatic carbocycles. The molecular formula is C19H20ClF3O4S. The Morgan fingerprint density at radius 1 is 1.18 bits per heavy atom. The quantitative estimate of drug-likeness (QED) is 0.484. The van der Waals surface area contributed by atoms with Gasteiger partial charge in [0.1, 0.15) is 5.78 Å². The van der Waals surface area contributed by atoms with E-state index in [2.05, 4.69) is 11.1 Å². The average Bonchev–Trinajstić information content (AvgIpc) is 2.91. The van der Waals surface area contributed by atoms with Crippen LogP contribution in [0.1, 0.15) is 56.1 Å². The van der Waals surface area contributed by atoms with Crippen LogP contribution in [0, 0.1) is 17.3 Å². The van der Waals surface area contributed by atoms with Crippen molar-refractivity contribution in [1.29, 1.82) is 0 Å². The minimum absolute atomic E-state index is 0.0698. The van der Waals surface area contributed by atoms with Crippen LogP contribution in [0.2, 0.25) is 5.02 Å². The van der Waals surface area contributed by atoms with Gasteiger partial charge in [0.2, 0.25) is 0 Å². The van der Waals surface area contributed by atoms with Gasteiger partial charge >= 0.3 is 15.6 Å². The van der Waals surface area contributed by atoms with Crippen molar-refractivity contribution < 1.29 is 30.6 Å². The van der Waals surface area contributed by atoms with E-state index in [-0.39, 0.29) is 16.4 Å². The highest BCUT2D eigenvalue weighted by molar-refractivity contribution is 7.88. The lowest BCUT2D eigenvalue weighted by molar-refractivity contribution is -0.129. The van der Waals surface area contributed by atoms with E-state index in [9.17, 15) is 26.4 Å². The Morgan fingerprint density at radius 3 is 2.57 bits per heavy atom. The van der Waals surface area contributed by atoms with E-state index >= 15 is 0 Å². The van der Waals surface area contributed by atoms with Crippen LogP contribution in [-0.4, -0.2) is 19.7 Å². The van der Waals surface area contributed by atoms with Crippen LogP contribution < -0.4 is 4.18 Å². The summed E-state index contributed by atoms with van der Waals surface area (Å²) in [5, 5.41) is -0.0698. The van der Waals surface area contributed by atoms with Gasteiger partial charge in [-0.3, -0.25) is 4.79 Å². The van der Waals surface area contributed by atoms with Crippen molar-refractivity contribution in [3.63, 3.8) is 0 Å². The topological polar surface area (TPSA) is 60.4 Å². The van der Waals surface area contributed by atoms with Crippen molar-refractivity contribution in [2.45, 2.75) is 56.9 Å². The zero-order valence-corrected chi connectivity index (χ0v) is 16.8. The molecule has 3 aliphatic rings. The van der Waals surface area contributed by atoms with E-state index in [0.717, 1.165) is 31.2 Å². The number of benzene rings is 1. The average molecular weight is 437 g/mol. The molecular weight excluding hydrogens is 417 g/mol. The van der Waals surface area contributed by atoms with Gasteiger partial charge in [-0.1, -0.05) is 24.6 Å². The first kappa shape index (κ1) is 20.0. The first-order chi connectivity index (χ1) is 13.0. The number of hydrogen-bond donors (Lipinski definition) is 0. The largest absolute Gasteiger partial charge is 0.534 e. The second kappa shape index (κ2) is 6.36. The summed E-state index contributed by atoms with van der Waals surface area (Å²) in [6, 6.07) is 2.85. The van der Waals surface area contributed by atoms with Gasteiger partial charge in [-0.25, -0.2) is 0 Å². The van der Waals surface area contributed by atoms with Crippen molar-refractivity contribution in [3.05, 3.63) is 28.3 Å². The molecule has 3 unspecified atom stereocenters. The number of hydrogen-bond acceptors (Lipinski definition) is 4. The van der Waals surface area contributed by atoms with Gasteiger partial charge in [0.25, 0.3) is 0 Å². The van der Waals surface area contributed by atoms with Crippen LogP contribution in [-0.2, 0) is 21.3 Å². The van der Waals surface area contributed by atoms with Crippen LogP contribution in [0.3, 0.4) is 0 Å². The molecule has 0 aliphatic heterocycles. The lowest BCUT2D eigenvalue weighted by Gasteiger charge is -2.48. The van der Waals surface area contributed by atoms with Crippen LogP contribution in [0.25, 0.3) is 0 Å². The van der Waals surface area contributed by atoms with E-state index in [1.165, 1.54) is 6.07 Å². The maximum absolute atomic E-state index is 12.6. The molecule has 4 nitrogen and oxygen atoms in total. The summed E-state index contributed by atoms with van der Waals surface area (Å²) in [6.07, 6.45) is 4.40. The SMILES string of the molecule is C[C@]12CCC3c4ccc(OS(=O)(=O)C(F)(F)F)c(Cl)c4CCC3C1CCC2=O. The number of ketones is 1. The number of halogens is 4. The van der Waals surface area contributed by atoms with Gasteiger partial charge in [0.15, 0.2) is 5.75 Å². The maximum Gasteiger partial charge on any atom is 0.534 e. The van der Waals surface area contributed by atoms with Crippen molar-refractivity contribution >= 4 is 27.5 Å². The number of carbonyl (C=O) groups is 1. The number of fused-ring (bicyclic) bond motifs is 5. The summed E-state index contributed by atoms with van der Waals surface area (Å²) in [5.74, 6) is 0.666. The number of carbonyl (C=O) groups excluding carboxylic acids is 1. The van der Waals surface area contributed by atoms with Gasteiger partial charge in [0.05, 0.1) is 5.02 Å². The summed E-state index contributed by atoms with van der Waals surface area (Å²) in [6.45, 7) is 2.06. The Balaban J connectivity index is 1.67. The third-order valence-electron chi connectivity index (χ3n) is 7.00. The molecule has 0 saturated heterocycles. The third-order valence-corrected chi connectivity index (χ3v) is 8.38. The second-order valence-corrected chi connectivity index (χ2v) is 10.2. The minimum atomic E-state index is -5.77. The molecule has 4 rings (SSSR count). The van der Waals surface area contributed by atoms with Gasteiger partial charge in [-0.2, -0.15) is 21.6 Å². The number of alkyl halides is 3. The molecule has 2 saturated carbocycles. The molecule has 28 heavy (non-hydrogen) atoms. The summed E-state index contributed by atoms with van der Waals surface area (Å²) in [7, 11) is -5.77. The predicted molar refractivity (Wildman–Crippen MR) is 96.7 cm³/mol. The van der Waals surface area contributed by atoms with Gasteiger partial charge in [-0.05, 0) is 67.1 Å². The highest BCUT2D eigenvalue weighted by Crippen LogP contribution is 2.60. The fourth-order valence-corrected chi connectivity index (χ4v) is 6.42. The highest BCUT2D eigenvalue weighted by Gasteiger charge is 2.55. The number of rotatable bonds is 2. The molecule has 0 amide bonds. The van der Waals surface area contributed by atoms with E-state index in [4.69, 9.17) is 11.6 Å². The summed E-state index contributed by atoms with van der Waals surface area (Å²) < 4.78 is 64.8. The van der Waals surface area contributed by atoms with Crippen molar-refractivity contribution in [1.82, 2.24) is 0 Å². The van der Waals surface area contributed by atoms with Crippen molar-refractivity contribution in [2.24, 2.45) is 17.3 Å². The first-order valence-corrected chi connectivity index (χ1v) is 11.1. The van der Waals surface area contributed by atoms with E-state index in [0.29, 0.717) is 36.0 Å². The summed E-state index contributed by atoms with van der Waals surface area (Å²) in [5.41, 5.74) is -4.18. The van der Waals surface area contributed by atoms with Crippen LogP contribution in [0.5, 0.6) is 5.75 Å². The Hall–Kier alpha value is -1.28. The fourth-order valence-electron chi connectivity index (χ4n) is 5.60. The minimum Gasteiger partial charge on any atom is -0.374 e. The zero-order valence-electron chi connectivity index (χ0n) is 15.2. The molecule has 4 atom stereocenters. The monoisotopic (exact) mass is 436 g/mol. The summed E-state index contributed by atoms with van der Waals surface area (Å²) in [4.78, 5) is 12.4. The Bertz CT molecular complexity index is 943. The fraction of sp³-hybridized carbons (Fsp3) is 0.632. The van der Waals surface area contributed by atoms with Gasteiger partial charge in [0, 0.05) is 11.8 Å². The van der Waals surface area contributed by atoms with Crippen molar-refractivity contribution in [3.8, 4) is 5.75 Å². The molecule has 0 radical (unpaired) electrons. The molecule has 0 spiro atoms. The lowest BCUT2D eigenvalue weighted by atomic mass is 9.55. The molecule has 0 aromatic heterocycles. The van der Waals surface area contributed by atoms with Crippen LogP contribution >= 0.6 is 11.6 Å². The summed E-state index contributed by atoms with van der Waals surface area (Å²) >= 11 is 6.26. The molecule has 0 N–H and O–H groups in total. The highest BCUT2D eigenvalue weighted by atomic mass is 35.5. The second-order valence-electron chi connectivity index (χ2n) is 8.26. The van der Waals surface area contributed by atoms with Gasteiger partial charge < -0.3 is 4.18 Å². The molecule has 1 aromatic rings. The Kier molecular flexibility index (Phi) is 4.54. The smallest absolute Gasteiger partial charge is 0.374 e. The molecule has 1 aromatic carbocycles. The van der Waals surface area contributed by atoms with E-state index in [1.807, 2.05) is 0 Å². The molecule has 0 heterocycles. The number of Topliss-reactive ketones (excluding diaryl/α,β-unsaturated/α-hetero) is 1. The third kappa shape index (κ3) is 2.86. The first-order valence-electron chi connectivity index (χ1n) is 9.31. The standard InChI is InChI=1S/C19H20ClF3O4S/c1-18-9-8-11-10-4-6-15(27-28(25,26)19(21,22)23)17(20)13(10)3-2-12(11)14(18)5-7-16(18)24/h4,6,11-12,14H,2-3,5,7-9H2,1H3/t11?,12?,14?,18-/m0/s1. The van der Waals surface area contributed by atoms with Crippen LogP contribution in [0.4, 0.5) is 13.2 Å². The normalized spacial score (nSPS) is 32.5.